The summed E-state index contributed by atoms with van der Waals surface area (Å²) in [5.74, 6) is 0.234. The fraction of sp³-hybridized carbons (Fsp3) is 0.176. The van der Waals surface area contributed by atoms with Crippen LogP contribution in [0, 0.1) is 0 Å². The number of benzene rings is 1. The zero-order valence-corrected chi connectivity index (χ0v) is 11.6. The SMILES string of the molecule is CC1Cc2ccccc2N1C(=O)c1cc2ncccc2o1. The van der Waals surface area contributed by atoms with Gasteiger partial charge < -0.3 is 9.32 Å². The molecule has 0 aliphatic carbocycles. The van der Waals surface area contributed by atoms with Crippen LogP contribution in [0.15, 0.2) is 53.1 Å². The zero-order valence-electron chi connectivity index (χ0n) is 11.6. The van der Waals surface area contributed by atoms with E-state index in [4.69, 9.17) is 4.42 Å². The number of aromatic nitrogens is 1. The topological polar surface area (TPSA) is 46.3 Å². The summed E-state index contributed by atoms with van der Waals surface area (Å²) in [6.07, 6.45) is 2.57. The number of fused-ring (bicyclic) bond motifs is 2. The van der Waals surface area contributed by atoms with E-state index >= 15 is 0 Å². The predicted molar refractivity (Wildman–Crippen MR) is 80.4 cm³/mol. The summed E-state index contributed by atoms with van der Waals surface area (Å²) < 4.78 is 5.65. The van der Waals surface area contributed by atoms with E-state index < -0.39 is 0 Å². The van der Waals surface area contributed by atoms with Crippen molar-refractivity contribution in [1.29, 1.82) is 0 Å². The molecule has 1 aliphatic rings. The van der Waals surface area contributed by atoms with E-state index in [1.54, 1.807) is 18.3 Å². The number of para-hydroxylation sites is 1. The van der Waals surface area contributed by atoms with Crippen molar-refractivity contribution in [3.63, 3.8) is 0 Å². The Morgan fingerprint density at radius 1 is 1.29 bits per heavy atom. The minimum Gasteiger partial charge on any atom is -0.449 e. The Kier molecular flexibility index (Phi) is 2.57. The molecule has 0 N–H and O–H groups in total. The molecule has 4 nitrogen and oxygen atoms in total. The first-order chi connectivity index (χ1) is 10.2. The number of rotatable bonds is 1. The largest absolute Gasteiger partial charge is 0.449 e. The van der Waals surface area contributed by atoms with Crippen LogP contribution >= 0.6 is 0 Å². The maximum Gasteiger partial charge on any atom is 0.294 e. The Balaban J connectivity index is 1.77. The molecule has 104 valence electrons. The van der Waals surface area contributed by atoms with Crippen LogP contribution in [0.5, 0.6) is 0 Å². The van der Waals surface area contributed by atoms with E-state index in [1.807, 2.05) is 29.2 Å². The summed E-state index contributed by atoms with van der Waals surface area (Å²) in [6.45, 7) is 2.05. The highest BCUT2D eigenvalue weighted by Gasteiger charge is 2.32. The lowest BCUT2D eigenvalue weighted by molar-refractivity contribution is 0.0957. The van der Waals surface area contributed by atoms with Gasteiger partial charge in [-0.15, -0.1) is 0 Å². The highest BCUT2D eigenvalue weighted by Crippen LogP contribution is 2.33. The van der Waals surface area contributed by atoms with Crippen LogP contribution < -0.4 is 4.90 Å². The Morgan fingerprint density at radius 2 is 2.14 bits per heavy atom. The van der Waals surface area contributed by atoms with E-state index in [2.05, 4.69) is 18.0 Å². The summed E-state index contributed by atoms with van der Waals surface area (Å²) in [5.41, 5.74) is 3.53. The molecular formula is C17H14N2O2. The van der Waals surface area contributed by atoms with E-state index in [-0.39, 0.29) is 11.9 Å². The number of anilines is 1. The molecule has 3 heterocycles. The van der Waals surface area contributed by atoms with Crippen molar-refractivity contribution in [2.45, 2.75) is 19.4 Å². The van der Waals surface area contributed by atoms with Crippen molar-refractivity contribution in [3.8, 4) is 0 Å². The van der Waals surface area contributed by atoms with E-state index in [1.165, 1.54) is 5.56 Å². The molecule has 1 amide bonds. The Morgan fingerprint density at radius 3 is 3.00 bits per heavy atom. The van der Waals surface area contributed by atoms with Gasteiger partial charge >= 0.3 is 0 Å². The average molecular weight is 278 g/mol. The average Bonchev–Trinajstić information content (AvgIpc) is 3.06. The molecule has 0 bridgehead atoms. The monoisotopic (exact) mass is 278 g/mol. The molecule has 1 aromatic carbocycles. The van der Waals surface area contributed by atoms with Crippen LogP contribution in [-0.2, 0) is 6.42 Å². The maximum atomic E-state index is 12.8. The zero-order chi connectivity index (χ0) is 14.4. The Labute approximate surface area is 122 Å². The molecule has 4 rings (SSSR count). The number of amides is 1. The van der Waals surface area contributed by atoms with Crippen molar-refractivity contribution in [1.82, 2.24) is 4.98 Å². The quantitative estimate of drug-likeness (QED) is 0.685. The molecule has 0 radical (unpaired) electrons. The van der Waals surface area contributed by atoms with Gasteiger partial charge in [-0.3, -0.25) is 9.78 Å². The van der Waals surface area contributed by atoms with E-state index in [0.717, 1.165) is 12.1 Å². The third kappa shape index (κ3) is 1.83. The van der Waals surface area contributed by atoms with Gasteiger partial charge in [-0.1, -0.05) is 18.2 Å². The van der Waals surface area contributed by atoms with Gasteiger partial charge in [0.15, 0.2) is 11.3 Å². The third-order valence-electron chi connectivity index (χ3n) is 3.92. The molecule has 1 atom stereocenters. The van der Waals surface area contributed by atoms with Gasteiger partial charge in [-0.05, 0) is 37.1 Å². The van der Waals surface area contributed by atoms with Gasteiger partial charge in [0.05, 0.1) is 0 Å². The van der Waals surface area contributed by atoms with Crippen LogP contribution in [-0.4, -0.2) is 16.9 Å². The molecule has 0 saturated heterocycles. The second-order valence-electron chi connectivity index (χ2n) is 5.35. The molecule has 21 heavy (non-hydrogen) atoms. The van der Waals surface area contributed by atoms with Crippen LogP contribution in [0.3, 0.4) is 0 Å². The maximum absolute atomic E-state index is 12.8. The van der Waals surface area contributed by atoms with Crippen molar-refractivity contribution >= 4 is 22.7 Å². The molecule has 4 heteroatoms. The summed E-state index contributed by atoms with van der Waals surface area (Å²) in [5, 5.41) is 0. The molecule has 0 fully saturated rings. The summed E-state index contributed by atoms with van der Waals surface area (Å²) in [4.78, 5) is 18.8. The van der Waals surface area contributed by atoms with Gasteiger partial charge in [0.25, 0.3) is 5.91 Å². The lowest BCUT2D eigenvalue weighted by Crippen LogP contribution is -2.35. The van der Waals surface area contributed by atoms with Crippen LogP contribution in [0.25, 0.3) is 11.1 Å². The number of furan rings is 1. The van der Waals surface area contributed by atoms with Crippen molar-refractivity contribution in [2.75, 3.05) is 4.90 Å². The van der Waals surface area contributed by atoms with Gasteiger partial charge in [0.1, 0.15) is 5.52 Å². The van der Waals surface area contributed by atoms with Gasteiger partial charge in [0.2, 0.25) is 0 Å². The second-order valence-corrected chi connectivity index (χ2v) is 5.35. The summed E-state index contributed by atoms with van der Waals surface area (Å²) in [6, 6.07) is 13.5. The second kappa shape index (κ2) is 4.45. The smallest absolute Gasteiger partial charge is 0.294 e. The molecule has 1 aliphatic heterocycles. The van der Waals surface area contributed by atoms with E-state index in [0.29, 0.717) is 16.9 Å². The molecule has 0 spiro atoms. The molecular weight excluding hydrogens is 264 g/mol. The summed E-state index contributed by atoms with van der Waals surface area (Å²) >= 11 is 0. The number of carbonyl (C=O) groups is 1. The van der Waals surface area contributed by atoms with Crippen molar-refractivity contribution in [2.24, 2.45) is 0 Å². The first-order valence-electron chi connectivity index (χ1n) is 7.00. The molecule has 2 aromatic heterocycles. The first-order valence-corrected chi connectivity index (χ1v) is 7.00. The van der Waals surface area contributed by atoms with Crippen LogP contribution in [0.4, 0.5) is 5.69 Å². The van der Waals surface area contributed by atoms with Gasteiger partial charge in [0, 0.05) is 24.0 Å². The van der Waals surface area contributed by atoms with Crippen LogP contribution in [0.1, 0.15) is 23.0 Å². The minimum atomic E-state index is -0.106. The number of carbonyl (C=O) groups excluding carboxylic acids is 1. The van der Waals surface area contributed by atoms with Crippen molar-refractivity contribution < 1.29 is 9.21 Å². The van der Waals surface area contributed by atoms with Gasteiger partial charge in [-0.2, -0.15) is 0 Å². The molecule has 3 aromatic rings. The number of hydrogen-bond donors (Lipinski definition) is 0. The van der Waals surface area contributed by atoms with Crippen molar-refractivity contribution in [3.05, 3.63) is 60.0 Å². The third-order valence-corrected chi connectivity index (χ3v) is 3.92. The standard InChI is InChI=1S/C17H14N2O2/c1-11-9-12-5-2-3-6-14(12)19(11)17(20)16-10-13-15(21-16)7-4-8-18-13/h2-8,10-11H,9H2,1H3. The fourth-order valence-corrected chi connectivity index (χ4v) is 2.97. The predicted octanol–water partition coefficient (Wildman–Crippen LogP) is 3.42. The lowest BCUT2D eigenvalue weighted by atomic mass is 10.1. The van der Waals surface area contributed by atoms with E-state index in [9.17, 15) is 4.79 Å². The normalized spacial score (nSPS) is 17.2. The van der Waals surface area contributed by atoms with Gasteiger partial charge in [-0.25, -0.2) is 0 Å². The first kappa shape index (κ1) is 12.1. The lowest BCUT2D eigenvalue weighted by Gasteiger charge is -2.21. The number of nitrogens with zero attached hydrogens (tertiary/aromatic N) is 2. The number of hydrogen-bond acceptors (Lipinski definition) is 3. The summed E-state index contributed by atoms with van der Waals surface area (Å²) in [7, 11) is 0. The van der Waals surface area contributed by atoms with Crippen LogP contribution in [0.2, 0.25) is 0 Å². The highest BCUT2D eigenvalue weighted by molar-refractivity contribution is 6.07. The Bertz CT molecular complexity index is 804. The molecule has 1 unspecified atom stereocenters. The Hall–Kier alpha value is -2.62. The molecule has 0 saturated carbocycles. The fourth-order valence-electron chi connectivity index (χ4n) is 2.97. The number of pyridine rings is 1. The highest BCUT2D eigenvalue weighted by atomic mass is 16.3. The minimum absolute atomic E-state index is 0.106.